The molecule has 2 amide bonds. The molecule has 0 heterocycles. The van der Waals surface area contributed by atoms with Crippen LogP contribution in [0.15, 0.2) is 84.9 Å². The van der Waals surface area contributed by atoms with Crippen molar-refractivity contribution >= 4 is 31.3 Å². The lowest BCUT2D eigenvalue weighted by Gasteiger charge is -2.35. The highest BCUT2D eigenvalue weighted by Crippen LogP contribution is 2.61. The molecule has 0 saturated heterocycles. The molecular formula is C37H47N2O9P. The Morgan fingerprint density at radius 2 is 1.37 bits per heavy atom. The Labute approximate surface area is 288 Å². The van der Waals surface area contributed by atoms with E-state index in [2.05, 4.69) is 10.6 Å². The summed E-state index contributed by atoms with van der Waals surface area (Å²) in [7, 11) is -4.31. The van der Waals surface area contributed by atoms with E-state index in [1.54, 1.807) is 65.0 Å². The Kier molecular flexibility index (Phi) is 13.7. The first-order chi connectivity index (χ1) is 23.0. The fourth-order valence-corrected chi connectivity index (χ4v) is 7.87. The Balaban J connectivity index is 2.14. The van der Waals surface area contributed by atoms with Gasteiger partial charge in [-0.3, -0.25) is 23.5 Å². The number of aliphatic carboxylic acids is 1. The maximum Gasteiger partial charge on any atom is 0.408 e. The number of nitrogens with one attached hydrogen (secondary N) is 2. The van der Waals surface area contributed by atoms with Gasteiger partial charge in [0.25, 0.3) is 0 Å². The number of ether oxygens (including phenoxy) is 2. The molecule has 0 spiro atoms. The smallest absolute Gasteiger partial charge is 0.408 e. The van der Waals surface area contributed by atoms with Crippen LogP contribution in [0.5, 0.6) is 0 Å². The molecular weight excluding hydrogens is 647 g/mol. The molecule has 12 heteroatoms. The van der Waals surface area contributed by atoms with E-state index in [-0.39, 0.29) is 6.42 Å². The van der Waals surface area contributed by atoms with Gasteiger partial charge in [-0.2, -0.15) is 0 Å². The molecule has 0 saturated carbocycles. The van der Waals surface area contributed by atoms with E-state index in [4.69, 9.17) is 14.0 Å². The van der Waals surface area contributed by atoms with Crippen LogP contribution in [0.4, 0.5) is 4.79 Å². The largest absolute Gasteiger partial charge is 0.480 e. The van der Waals surface area contributed by atoms with Gasteiger partial charge < -0.3 is 25.2 Å². The Bertz CT molecular complexity index is 1610. The number of amides is 2. The van der Waals surface area contributed by atoms with Crippen molar-refractivity contribution < 1.29 is 42.8 Å². The van der Waals surface area contributed by atoms with E-state index in [1.165, 1.54) is 13.8 Å². The van der Waals surface area contributed by atoms with Crippen LogP contribution in [0.3, 0.4) is 0 Å². The van der Waals surface area contributed by atoms with Gasteiger partial charge in [-0.15, -0.1) is 0 Å². The molecule has 0 bridgehead atoms. The van der Waals surface area contributed by atoms with Crippen molar-refractivity contribution in [1.82, 2.24) is 10.6 Å². The van der Waals surface area contributed by atoms with Crippen LogP contribution in [0.2, 0.25) is 0 Å². The van der Waals surface area contributed by atoms with Crippen molar-refractivity contribution in [2.75, 3.05) is 6.16 Å². The third kappa shape index (κ3) is 12.2. The summed E-state index contributed by atoms with van der Waals surface area (Å²) in [5, 5.41) is 14.8. The van der Waals surface area contributed by atoms with E-state index < -0.39 is 73.0 Å². The number of carbonyl (C=O) groups is 4. The molecule has 49 heavy (non-hydrogen) atoms. The maximum absolute atomic E-state index is 15.5. The van der Waals surface area contributed by atoms with Crippen LogP contribution in [-0.2, 0) is 39.4 Å². The molecule has 5 atom stereocenters. The maximum atomic E-state index is 15.5. The van der Waals surface area contributed by atoms with Gasteiger partial charge in [-0.25, -0.2) is 4.79 Å². The minimum atomic E-state index is -4.31. The number of carbonyl (C=O) groups excluding carboxylic acids is 3. The number of carboxylic acid groups (broad SMARTS) is 1. The number of benzene rings is 3. The molecule has 0 aliphatic heterocycles. The second-order valence-corrected chi connectivity index (χ2v) is 15.8. The topological polar surface area (TPSA) is 157 Å². The lowest BCUT2D eigenvalue weighted by Crippen LogP contribution is -2.44. The van der Waals surface area contributed by atoms with E-state index in [1.807, 2.05) is 54.6 Å². The lowest BCUT2D eigenvalue weighted by atomic mass is 9.97. The van der Waals surface area contributed by atoms with Crippen LogP contribution < -0.4 is 10.6 Å². The summed E-state index contributed by atoms with van der Waals surface area (Å²) in [6.45, 7) is 11.0. The van der Waals surface area contributed by atoms with E-state index in [9.17, 15) is 24.3 Å². The molecule has 0 radical (unpaired) electrons. The average molecular weight is 695 g/mol. The SMILES string of the molecule is CC(=O)O[C@@H](OP(=O)(CC(Cc1ccc(-c2ccccc2)cc1)C(=O)N[C@@H](C)C(=O)O)[C@@H](NC(=O)OC(C)(C)C)c1ccccc1)C(C)C. The van der Waals surface area contributed by atoms with Gasteiger partial charge in [0.1, 0.15) is 17.4 Å². The molecule has 0 aromatic heterocycles. The monoisotopic (exact) mass is 694 g/mol. The molecule has 3 aromatic rings. The third-order valence-corrected chi connectivity index (χ3v) is 10.1. The van der Waals surface area contributed by atoms with E-state index in [0.717, 1.165) is 11.1 Å². The quantitative estimate of drug-likeness (QED) is 0.0853. The fourth-order valence-electron chi connectivity index (χ4n) is 4.98. The third-order valence-electron chi connectivity index (χ3n) is 7.39. The summed E-state index contributed by atoms with van der Waals surface area (Å²) in [6, 6.07) is 24.4. The highest BCUT2D eigenvalue weighted by molar-refractivity contribution is 7.59. The Morgan fingerprint density at radius 3 is 1.88 bits per heavy atom. The molecule has 3 rings (SSSR count). The summed E-state index contributed by atoms with van der Waals surface area (Å²) < 4.78 is 32.7. The van der Waals surface area contributed by atoms with Gasteiger partial charge in [-0.05, 0) is 56.4 Å². The minimum Gasteiger partial charge on any atom is -0.480 e. The van der Waals surface area contributed by atoms with Crippen LogP contribution in [0.1, 0.15) is 65.4 Å². The van der Waals surface area contributed by atoms with Gasteiger partial charge in [0.2, 0.25) is 19.6 Å². The summed E-state index contributed by atoms with van der Waals surface area (Å²) in [5.41, 5.74) is 2.17. The molecule has 0 aliphatic rings. The summed E-state index contributed by atoms with van der Waals surface area (Å²) in [6.07, 6.45) is -2.59. The second kappa shape index (κ2) is 17.3. The second-order valence-electron chi connectivity index (χ2n) is 13.2. The molecule has 0 aliphatic carbocycles. The molecule has 3 N–H and O–H groups in total. The summed E-state index contributed by atoms with van der Waals surface area (Å²) in [4.78, 5) is 50.9. The zero-order valence-corrected chi connectivity index (χ0v) is 29.9. The van der Waals surface area contributed by atoms with Crippen molar-refractivity contribution in [1.29, 1.82) is 0 Å². The van der Waals surface area contributed by atoms with Crippen molar-refractivity contribution in [2.24, 2.45) is 11.8 Å². The summed E-state index contributed by atoms with van der Waals surface area (Å²) in [5.74, 6) is -5.52. The van der Waals surface area contributed by atoms with E-state index in [0.29, 0.717) is 11.1 Å². The Morgan fingerprint density at radius 1 is 0.816 bits per heavy atom. The predicted molar refractivity (Wildman–Crippen MR) is 187 cm³/mol. The zero-order chi connectivity index (χ0) is 36.4. The highest BCUT2D eigenvalue weighted by atomic mass is 31.2. The van der Waals surface area contributed by atoms with Crippen molar-refractivity contribution in [3.05, 3.63) is 96.1 Å². The zero-order valence-electron chi connectivity index (χ0n) is 29.0. The highest BCUT2D eigenvalue weighted by Gasteiger charge is 2.44. The molecule has 0 fully saturated rings. The minimum absolute atomic E-state index is 0.0500. The van der Waals surface area contributed by atoms with Crippen molar-refractivity contribution in [3.8, 4) is 11.1 Å². The number of hydrogen-bond donors (Lipinski definition) is 3. The fraction of sp³-hybridized carbons (Fsp3) is 0.405. The van der Waals surface area contributed by atoms with Crippen molar-refractivity contribution in [2.45, 2.75) is 78.6 Å². The van der Waals surface area contributed by atoms with Gasteiger partial charge in [0.05, 0.1) is 5.92 Å². The number of carboxylic acids is 1. The normalized spacial score (nSPS) is 15.2. The lowest BCUT2D eigenvalue weighted by molar-refractivity contribution is -0.167. The first kappa shape index (κ1) is 39.0. The van der Waals surface area contributed by atoms with Gasteiger partial charge in [0.15, 0.2) is 0 Å². The van der Waals surface area contributed by atoms with Crippen molar-refractivity contribution in [3.63, 3.8) is 0 Å². The number of esters is 1. The summed E-state index contributed by atoms with van der Waals surface area (Å²) >= 11 is 0. The molecule has 264 valence electrons. The number of rotatable bonds is 15. The van der Waals surface area contributed by atoms with Gasteiger partial charge in [-0.1, -0.05) is 98.8 Å². The number of hydrogen-bond acceptors (Lipinski definition) is 8. The van der Waals surface area contributed by atoms with Gasteiger partial charge >= 0.3 is 18.0 Å². The van der Waals surface area contributed by atoms with Crippen LogP contribution in [0, 0.1) is 11.8 Å². The van der Waals surface area contributed by atoms with Crippen LogP contribution >= 0.6 is 7.37 Å². The molecule has 11 nitrogen and oxygen atoms in total. The predicted octanol–water partition coefficient (Wildman–Crippen LogP) is 7.17. The van der Waals surface area contributed by atoms with Gasteiger partial charge in [0, 0.05) is 19.0 Å². The first-order valence-electron chi connectivity index (χ1n) is 16.1. The number of alkyl carbamates (subject to hydrolysis) is 1. The molecule has 2 unspecified atom stereocenters. The average Bonchev–Trinajstić information content (AvgIpc) is 3.03. The van der Waals surface area contributed by atoms with Crippen LogP contribution in [0.25, 0.3) is 11.1 Å². The van der Waals surface area contributed by atoms with E-state index >= 15 is 4.57 Å². The van der Waals surface area contributed by atoms with Crippen LogP contribution in [-0.4, -0.2) is 53.1 Å². The first-order valence-corrected chi connectivity index (χ1v) is 18.0. The standard InChI is InChI=1S/C37H47N2O9P/c1-24(2)35(46-26(4)40)48-49(45,33(30-16-12-9-13-17-30)39-36(44)47-37(5,6)7)23-31(32(41)38-25(3)34(42)43)22-27-18-20-29(21-19-27)28-14-10-8-11-15-28/h8-21,24-25,31,33,35H,22-23H2,1-7H3,(H,38,41)(H,39,44)(H,42,43)/t25-,31?,33+,35-,49?/m0/s1. The Hall–Kier alpha value is -4.47. The molecule has 3 aromatic carbocycles.